The Morgan fingerprint density at radius 2 is 2.00 bits per heavy atom. The molecule has 10 heteroatoms. The highest BCUT2D eigenvalue weighted by molar-refractivity contribution is 6.03. The highest BCUT2D eigenvalue weighted by Gasteiger charge is 2.21. The molecule has 2 aromatic heterocycles. The van der Waals surface area contributed by atoms with Gasteiger partial charge < -0.3 is 21.1 Å². The molecule has 1 saturated heterocycles. The fourth-order valence-electron chi connectivity index (χ4n) is 3.24. The zero-order valence-corrected chi connectivity index (χ0v) is 17.8. The lowest BCUT2D eigenvalue weighted by Gasteiger charge is -2.30. The van der Waals surface area contributed by atoms with Gasteiger partial charge in [0.1, 0.15) is 17.1 Å². The van der Waals surface area contributed by atoms with Crippen molar-refractivity contribution in [3.8, 4) is 17.6 Å². The van der Waals surface area contributed by atoms with Crippen LogP contribution < -0.4 is 16.2 Å². The Bertz CT molecular complexity index is 1200. The first kappa shape index (κ1) is 22.5. The highest BCUT2D eigenvalue weighted by Crippen LogP contribution is 2.29. The third-order valence-corrected chi connectivity index (χ3v) is 4.92. The minimum atomic E-state index is -0.355. The topological polar surface area (TPSA) is 159 Å². The number of carbonyl (C=O) groups excluding carboxylic acids is 1. The summed E-state index contributed by atoms with van der Waals surface area (Å²) in [5, 5.41) is 19.6. The van der Waals surface area contributed by atoms with Crippen molar-refractivity contribution in [1.29, 1.82) is 10.7 Å². The van der Waals surface area contributed by atoms with Gasteiger partial charge in [0.15, 0.2) is 12.0 Å². The number of aliphatic imine (C=N–C) groups is 1. The Morgan fingerprint density at radius 3 is 2.53 bits per heavy atom. The summed E-state index contributed by atoms with van der Waals surface area (Å²) in [5.41, 5.74) is 13.7. The van der Waals surface area contributed by atoms with Crippen LogP contribution >= 0.6 is 0 Å². The number of amidine groups is 1. The van der Waals surface area contributed by atoms with Crippen LogP contribution in [0.1, 0.15) is 21.5 Å². The van der Waals surface area contributed by atoms with E-state index in [4.69, 9.17) is 26.9 Å². The monoisotopic (exact) mass is 432 g/mol. The molecule has 3 aromatic rings. The van der Waals surface area contributed by atoms with Gasteiger partial charge in [-0.1, -0.05) is 0 Å². The van der Waals surface area contributed by atoms with Crippen molar-refractivity contribution in [2.24, 2.45) is 22.4 Å². The van der Waals surface area contributed by atoms with Crippen molar-refractivity contribution < 1.29 is 9.53 Å². The molecule has 4 rings (SSSR count). The minimum absolute atomic E-state index is 0.156. The van der Waals surface area contributed by atoms with E-state index in [0.29, 0.717) is 28.5 Å². The molecule has 0 bridgehead atoms. The molecule has 5 N–H and O–H groups in total. The normalized spacial score (nSPS) is 14.1. The lowest BCUT2D eigenvalue weighted by atomic mass is 10.0. The first-order valence-electron chi connectivity index (χ1n) is 9.79. The van der Waals surface area contributed by atoms with Gasteiger partial charge in [0, 0.05) is 36.5 Å². The van der Waals surface area contributed by atoms with E-state index in [2.05, 4.69) is 21.1 Å². The van der Waals surface area contributed by atoms with Crippen LogP contribution in [-0.2, 0) is 0 Å². The van der Waals surface area contributed by atoms with Crippen LogP contribution in [0.15, 0.2) is 47.7 Å². The summed E-state index contributed by atoms with van der Waals surface area (Å²) in [5.74, 6) is 1.29. The van der Waals surface area contributed by atoms with E-state index in [1.165, 1.54) is 0 Å². The van der Waals surface area contributed by atoms with Crippen molar-refractivity contribution in [3.63, 3.8) is 0 Å². The van der Waals surface area contributed by atoms with Crippen molar-refractivity contribution >= 4 is 23.6 Å². The van der Waals surface area contributed by atoms with Crippen molar-refractivity contribution in [3.05, 3.63) is 59.4 Å². The summed E-state index contributed by atoms with van der Waals surface area (Å²) >= 11 is 0. The second-order valence-electron chi connectivity index (χ2n) is 7.37. The number of nitrogens with one attached hydrogen (secondary N) is 1. The summed E-state index contributed by atoms with van der Waals surface area (Å²) in [7, 11) is 2.02. The Balaban J connectivity index is 0.000000352. The maximum absolute atomic E-state index is 11.1. The van der Waals surface area contributed by atoms with Crippen LogP contribution in [0.4, 0.5) is 0 Å². The first-order chi connectivity index (χ1) is 15.3. The smallest absolute Gasteiger partial charge is 0.214 e. The molecule has 1 aliphatic heterocycles. The maximum atomic E-state index is 11.1. The molecule has 10 nitrogen and oxygen atoms in total. The van der Waals surface area contributed by atoms with Crippen LogP contribution in [0.5, 0.6) is 11.5 Å². The average Bonchev–Trinajstić information content (AvgIpc) is 3.08. The van der Waals surface area contributed by atoms with Gasteiger partial charge in [-0.3, -0.25) is 10.2 Å². The van der Waals surface area contributed by atoms with Crippen LogP contribution in [0.25, 0.3) is 5.52 Å². The van der Waals surface area contributed by atoms with Crippen molar-refractivity contribution in [2.45, 2.75) is 6.92 Å². The van der Waals surface area contributed by atoms with Gasteiger partial charge in [0.2, 0.25) is 5.96 Å². The lowest BCUT2D eigenvalue weighted by molar-refractivity contribution is 0.112. The Kier molecular flexibility index (Phi) is 6.82. The van der Waals surface area contributed by atoms with Crippen LogP contribution in [-0.4, -0.2) is 52.7 Å². The van der Waals surface area contributed by atoms with E-state index >= 15 is 0 Å². The van der Waals surface area contributed by atoms with Gasteiger partial charge >= 0.3 is 0 Å². The molecule has 0 saturated carbocycles. The molecule has 0 spiro atoms. The van der Waals surface area contributed by atoms with Crippen LogP contribution in [0, 0.1) is 29.6 Å². The lowest BCUT2D eigenvalue weighted by Crippen LogP contribution is -2.42. The van der Waals surface area contributed by atoms with E-state index in [1.54, 1.807) is 47.2 Å². The molecular weight excluding hydrogens is 408 g/mol. The third kappa shape index (κ3) is 5.08. The van der Waals surface area contributed by atoms with Crippen molar-refractivity contribution in [2.75, 3.05) is 20.1 Å². The SMILES string of the molecule is CN1CC(C#N)C1.Cc1c(C=O)cn2nccc(Oc3ccc(/C(N)=N/C(=N)N)cc3)c12. The largest absolute Gasteiger partial charge is 0.455 e. The molecule has 1 aromatic carbocycles. The number of guanidine groups is 1. The molecular formula is C22H24N8O2. The number of fused-ring (bicyclic) bond motifs is 1. The number of likely N-dealkylation sites (tertiary alicyclic amines) is 1. The second kappa shape index (κ2) is 9.72. The number of aldehydes is 1. The van der Waals surface area contributed by atoms with E-state index in [0.717, 1.165) is 30.5 Å². The number of ether oxygens (including phenoxy) is 1. The number of nitrogens with zero attached hydrogens (tertiary/aromatic N) is 5. The summed E-state index contributed by atoms with van der Waals surface area (Å²) in [6.07, 6.45) is 4.05. The molecule has 0 amide bonds. The standard InChI is InChI=1S/C17H16N6O2.C5H8N2/c1-10-12(9-24)8-23-15(10)14(6-7-21-23)25-13-4-2-11(3-5-13)16(18)22-17(19)20;1-7-3-5(2-6)4-7/h2-9H,1H3,(H5,18,19,20,22);5H,3-4H2,1H3. The summed E-state index contributed by atoms with van der Waals surface area (Å²) in [6, 6.07) is 10.8. The zero-order chi connectivity index (χ0) is 23.3. The Morgan fingerprint density at radius 1 is 1.31 bits per heavy atom. The predicted molar refractivity (Wildman–Crippen MR) is 121 cm³/mol. The molecule has 0 radical (unpaired) electrons. The molecule has 1 aliphatic rings. The number of carbonyl (C=O) groups is 1. The number of aryl methyl sites for hydroxylation is 1. The van der Waals surface area contributed by atoms with E-state index in [-0.39, 0.29) is 11.8 Å². The number of hydrogen-bond acceptors (Lipinski definition) is 6. The summed E-state index contributed by atoms with van der Waals surface area (Å²) in [6.45, 7) is 3.78. The van der Waals surface area contributed by atoms with Gasteiger partial charge in [-0.15, -0.1) is 0 Å². The van der Waals surface area contributed by atoms with Gasteiger partial charge in [-0.05, 0) is 43.8 Å². The molecule has 0 aliphatic carbocycles. The number of nitrogens with two attached hydrogens (primary N) is 2. The zero-order valence-electron chi connectivity index (χ0n) is 17.8. The second-order valence-corrected chi connectivity index (χ2v) is 7.37. The molecule has 32 heavy (non-hydrogen) atoms. The number of nitriles is 1. The number of hydrogen-bond donors (Lipinski definition) is 3. The van der Waals surface area contributed by atoms with E-state index in [9.17, 15) is 4.79 Å². The van der Waals surface area contributed by atoms with Gasteiger partial charge in [-0.25, -0.2) is 4.52 Å². The molecule has 3 heterocycles. The Labute approximate surface area is 185 Å². The van der Waals surface area contributed by atoms with Crippen LogP contribution in [0.2, 0.25) is 0 Å². The molecule has 1 fully saturated rings. The van der Waals surface area contributed by atoms with Gasteiger partial charge in [0.05, 0.1) is 18.2 Å². The fraction of sp³-hybridized carbons (Fsp3) is 0.227. The molecule has 0 atom stereocenters. The van der Waals surface area contributed by atoms with Crippen LogP contribution in [0.3, 0.4) is 0 Å². The van der Waals surface area contributed by atoms with Crippen molar-refractivity contribution in [1.82, 2.24) is 14.5 Å². The maximum Gasteiger partial charge on any atom is 0.214 e. The molecule has 164 valence electrons. The summed E-state index contributed by atoms with van der Waals surface area (Å²) < 4.78 is 7.53. The van der Waals surface area contributed by atoms with Gasteiger partial charge in [0.25, 0.3) is 0 Å². The fourth-order valence-corrected chi connectivity index (χ4v) is 3.24. The average molecular weight is 432 g/mol. The highest BCUT2D eigenvalue weighted by atomic mass is 16.5. The number of benzene rings is 1. The minimum Gasteiger partial charge on any atom is -0.455 e. The van der Waals surface area contributed by atoms with Gasteiger partial charge in [-0.2, -0.15) is 15.4 Å². The van der Waals surface area contributed by atoms with E-state index in [1.807, 2.05) is 14.0 Å². The first-order valence-corrected chi connectivity index (χ1v) is 9.79. The quantitative estimate of drug-likeness (QED) is 0.322. The number of aromatic nitrogens is 2. The third-order valence-electron chi connectivity index (χ3n) is 4.92. The predicted octanol–water partition coefficient (Wildman–Crippen LogP) is 1.92. The number of rotatable bonds is 4. The summed E-state index contributed by atoms with van der Waals surface area (Å²) in [4.78, 5) is 16.9. The molecule has 0 unspecified atom stereocenters. The Hall–Kier alpha value is -4.23. The van der Waals surface area contributed by atoms with E-state index < -0.39 is 0 Å².